The molecule has 1 aromatic rings. The molecule has 0 fully saturated rings. The number of carboxylic acids is 1. The second-order valence-corrected chi connectivity index (χ2v) is 7.65. The first-order valence-corrected chi connectivity index (χ1v) is 9.72. The van der Waals surface area contributed by atoms with E-state index in [1.54, 1.807) is 4.90 Å². The molecule has 2 atom stereocenters. The van der Waals surface area contributed by atoms with E-state index in [1.165, 1.54) is 0 Å². The normalized spacial score (nSPS) is 17.3. The van der Waals surface area contributed by atoms with Gasteiger partial charge in [0.05, 0.1) is 0 Å². The maximum absolute atomic E-state index is 12.9. The van der Waals surface area contributed by atoms with Crippen LogP contribution in [0.3, 0.4) is 0 Å². The number of nitrogens with zero attached hydrogens (tertiary/aromatic N) is 1. The van der Waals surface area contributed by atoms with E-state index >= 15 is 0 Å². The van der Waals surface area contributed by atoms with Crippen molar-refractivity contribution in [3.63, 3.8) is 0 Å². The molecule has 2 unspecified atom stereocenters. The first-order valence-electron chi connectivity index (χ1n) is 9.72. The lowest BCUT2D eigenvalue weighted by atomic mass is 9.92. The Bertz CT molecular complexity index is 687. The van der Waals surface area contributed by atoms with Crippen LogP contribution in [0.15, 0.2) is 24.3 Å². The third-order valence-corrected chi connectivity index (χ3v) is 4.92. The largest absolute Gasteiger partial charge is 0.480 e. The predicted octanol–water partition coefficient (Wildman–Crippen LogP) is 2.75. The maximum atomic E-state index is 12.9. The van der Waals surface area contributed by atoms with Gasteiger partial charge in [0.2, 0.25) is 11.8 Å². The van der Waals surface area contributed by atoms with E-state index in [4.69, 9.17) is 0 Å². The van der Waals surface area contributed by atoms with Gasteiger partial charge in [-0.15, -0.1) is 0 Å². The van der Waals surface area contributed by atoms with Crippen LogP contribution in [0, 0.1) is 5.92 Å². The summed E-state index contributed by atoms with van der Waals surface area (Å²) in [7, 11) is 0. The lowest BCUT2D eigenvalue weighted by Gasteiger charge is -2.37. The summed E-state index contributed by atoms with van der Waals surface area (Å²) in [5.74, 6) is -1.30. The summed E-state index contributed by atoms with van der Waals surface area (Å²) in [6, 6.07) is 6.19. The van der Waals surface area contributed by atoms with Gasteiger partial charge in [-0.25, -0.2) is 4.79 Å². The fourth-order valence-electron chi connectivity index (χ4n) is 3.42. The van der Waals surface area contributed by atoms with Gasteiger partial charge in [-0.2, -0.15) is 0 Å². The van der Waals surface area contributed by atoms with Crippen LogP contribution in [0.2, 0.25) is 0 Å². The Balaban J connectivity index is 2.22. The summed E-state index contributed by atoms with van der Waals surface area (Å²) in [6.07, 6.45) is 2.74. The molecule has 2 N–H and O–H groups in total. The van der Waals surface area contributed by atoms with Crippen molar-refractivity contribution < 1.29 is 19.5 Å². The highest BCUT2D eigenvalue weighted by Gasteiger charge is 2.36. The smallest absolute Gasteiger partial charge is 0.326 e. The van der Waals surface area contributed by atoms with Gasteiger partial charge in [0.25, 0.3) is 0 Å². The number of rotatable bonds is 8. The van der Waals surface area contributed by atoms with Crippen molar-refractivity contribution in [3.05, 3.63) is 35.4 Å². The molecule has 6 heteroatoms. The number of carbonyl (C=O) groups is 3. The van der Waals surface area contributed by atoms with E-state index in [1.807, 2.05) is 45.0 Å². The van der Waals surface area contributed by atoms with Gasteiger partial charge in [-0.05, 0) is 23.5 Å². The van der Waals surface area contributed by atoms with Crippen molar-refractivity contribution in [1.82, 2.24) is 10.2 Å². The average Bonchev–Trinajstić information content (AvgIpc) is 2.63. The molecule has 1 aromatic carbocycles. The van der Waals surface area contributed by atoms with Gasteiger partial charge in [0.1, 0.15) is 12.1 Å². The zero-order valence-corrected chi connectivity index (χ0v) is 16.4. The molecule has 0 saturated carbocycles. The van der Waals surface area contributed by atoms with Gasteiger partial charge in [0, 0.05) is 19.4 Å². The lowest BCUT2D eigenvalue weighted by Crippen LogP contribution is -2.55. The molecular weight excluding hydrogens is 344 g/mol. The van der Waals surface area contributed by atoms with E-state index in [-0.39, 0.29) is 17.7 Å². The fraction of sp³-hybridized carbons (Fsp3) is 0.571. The first kappa shape index (κ1) is 20.9. The van der Waals surface area contributed by atoms with Crippen LogP contribution in [0.4, 0.5) is 0 Å². The van der Waals surface area contributed by atoms with Gasteiger partial charge in [-0.3, -0.25) is 9.59 Å². The number of carbonyl (C=O) groups excluding carboxylic acids is 2. The molecule has 0 bridgehead atoms. The first-order chi connectivity index (χ1) is 12.8. The summed E-state index contributed by atoms with van der Waals surface area (Å²) in [5, 5.41) is 12.1. The number of unbranched alkanes of at least 4 members (excludes halogenated alkanes) is 1. The highest BCUT2D eigenvalue weighted by atomic mass is 16.4. The third kappa shape index (κ3) is 5.55. The summed E-state index contributed by atoms with van der Waals surface area (Å²) in [6.45, 7) is 6.30. The fourth-order valence-corrected chi connectivity index (χ4v) is 3.42. The van der Waals surface area contributed by atoms with Crippen LogP contribution in [0.5, 0.6) is 0 Å². The summed E-state index contributed by atoms with van der Waals surface area (Å²) in [5.41, 5.74) is 2.08. The van der Waals surface area contributed by atoms with Crippen LogP contribution < -0.4 is 5.32 Å². The zero-order valence-electron chi connectivity index (χ0n) is 16.4. The minimum atomic E-state index is -1.03. The number of amides is 2. The molecular formula is C21H30N2O4. The monoisotopic (exact) mass is 374 g/mol. The lowest BCUT2D eigenvalue weighted by molar-refractivity contribution is -0.146. The second kappa shape index (κ2) is 9.53. The SMILES string of the molecule is CCCCC(NC(=O)C1Cc2ccccc2CN1C(=O)CC(C)C)C(=O)O. The number of nitrogens with one attached hydrogen (secondary N) is 1. The van der Waals surface area contributed by atoms with E-state index in [2.05, 4.69) is 5.32 Å². The van der Waals surface area contributed by atoms with Crippen LogP contribution >= 0.6 is 0 Å². The Morgan fingerprint density at radius 2 is 1.89 bits per heavy atom. The molecule has 1 heterocycles. The van der Waals surface area contributed by atoms with Gasteiger partial charge >= 0.3 is 5.97 Å². The van der Waals surface area contributed by atoms with Crippen molar-refractivity contribution in [2.75, 3.05) is 0 Å². The molecule has 27 heavy (non-hydrogen) atoms. The number of fused-ring (bicyclic) bond motifs is 1. The molecule has 0 radical (unpaired) electrons. The molecule has 6 nitrogen and oxygen atoms in total. The molecule has 0 aromatic heterocycles. The van der Waals surface area contributed by atoms with Gasteiger partial charge < -0.3 is 15.3 Å². The minimum Gasteiger partial charge on any atom is -0.480 e. The summed E-state index contributed by atoms with van der Waals surface area (Å²) in [4.78, 5) is 38.8. The van der Waals surface area contributed by atoms with Crippen LogP contribution in [-0.4, -0.2) is 39.9 Å². The van der Waals surface area contributed by atoms with Crippen molar-refractivity contribution >= 4 is 17.8 Å². The molecule has 148 valence electrons. The summed E-state index contributed by atoms with van der Waals surface area (Å²) < 4.78 is 0. The molecule has 2 rings (SSSR count). The molecule has 0 spiro atoms. The van der Waals surface area contributed by atoms with Crippen LogP contribution in [0.1, 0.15) is 57.6 Å². The number of carboxylic acid groups (broad SMARTS) is 1. The predicted molar refractivity (Wildman–Crippen MR) is 103 cm³/mol. The van der Waals surface area contributed by atoms with Crippen molar-refractivity contribution in [1.29, 1.82) is 0 Å². The highest BCUT2D eigenvalue weighted by Crippen LogP contribution is 2.25. The number of hydrogen-bond donors (Lipinski definition) is 2. The van der Waals surface area contributed by atoms with Crippen LogP contribution in [0.25, 0.3) is 0 Å². The van der Waals surface area contributed by atoms with E-state index in [9.17, 15) is 19.5 Å². The van der Waals surface area contributed by atoms with Crippen molar-refractivity contribution in [2.45, 2.75) is 71.5 Å². The average molecular weight is 374 g/mol. The molecule has 2 amide bonds. The Kier molecular flexibility index (Phi) is 7.39. The minimum absolute atomic E-state index is 0.0694. The topological polar surface area (TPSA) is 86.7 Å². The Morgan fingerprint density at radius 1 is 1.22 bits per heavy atom. The number of hydrogen-bond acceptors (Lipinski definition) is 3. The van der Waals surface area contributed by atoms with Gasteiger partial charge in [-0.1, -0.05) is 57.9 Å². The van der Waals surface area contributed by atoms with Crippen LogP contribution in [-0.2, 0) is 27.3 Å². The molecule has 0 aliphatic carbocycles. The summed E-state index contributed by atoms with van der Waals surface area (Å²) >= 11 is 0. The number of aliphatic carboxylic acids is 1. The molecule has 0 saturated heterocycles. The Labute approximate surface area is 160 Å². The second-order valence-electron chi connectivity index (χ2n) is 7.65. The Morgan fingerprint density at radius 3 is 2.48 bits per heavy atom. The van der Waals surface area contributed by atoms with E-state index < -0.39 is 18.1 Å². The molecule has 1 aliphatic heterocycles. The maximum Gasteiger partial charge on any atom is 0.326 e. The zero-order chi connectivity index (χ0) is 20.0. The van der Waals surface area contributed by atoms with Crippen molar-refractivity contribution in [3.8, 4) is 0 Å². The molecule has 1 aliphatic rings. The van der Waals surface area contributed by atoms with Gasteiger partial charge in [0.15, 0.2) is 0 Å². The third-order valence-electron chi connectivity index (χ3n) is 4.92. The van der Waals surface area contributed by atoms with E-state index in [0.29, 0.717) is 25.8 Å². The standard InChI is InChI=1S/C21H30N2O4/c1-4-5-10-17(21(26)27)22-20(25)18-12-15-8-6-7-9-16(15)13-23(18)19(24)11-14(2)3/h6-9,14,17-18H,4-5,10-13H2,1-3H3,(H,22,25)(H,26,27). The highest BCUT2D eigenvalue weighted by molar-refractivity contribution is 5.91. The van der Waals surface area contributed by atoms with Crippen molar-refractivity contribution in [2.24, 2.45) is 5.92 Å². The quantitative estimate of drug-likeness (QED) is 0.732. The van der Waals surface area contributed by atoms with E-state index in [0.717, 1.165) is 24.0 Å². The number of benzene rings is 1. The Hall–Kier alpha value is -2.37.